The maximum absolute atomic E-state index is 12.7. The third kappa shape index (κ3) is 3.94. The molecule has 0 spiro atoms. The van der Waals surface area contributed by atoms with Gasteiger partial charge in [-0.1, -0.05) is 41.0 Å². The second-order valence-electron chi connectivity index (χ2n) is 5.57. The highest BCUT2D eigenvalue weighted by Gasteiger charge is 2.27. The Labute approximate surface area is 158 Å². The molecule has 3 rings (SSSR count). The van der Waals surface area contributed by atoms with E-state index in [-0.39, 0.29) is 11.4 Å². The lowest BCUT2D eigenvalue weighted by molar-refractivity contribution is -0.115. The van der Waals surface area contributed by atoms with Crippen molar-refractivity contribution >= 4 is 46.5 Å². The lowest BCUT2D eigenvalue weighted by atomic mass is 9.91. The molecule has 0 radical (unpaired) electrons. The standard InChI is InChI=1S/C16H14Cl2N4O2S/c1-22-16(19-20-21-22)25-8-9-5-6-10(12(18)7-9)15(24)14-11(17)3-2-4-13(14)23/h5-7H,2-4,8H2,1H3. The Balaban J connectivity index is 1.79. The molecule has 0 unspecified atom stereocenters. The van der Waals surface area contributed by atoms with Gasteiger partial charge in [-0.25, -0.2) is 4.68 Å². The van der Waals surface area contributed by atoms with Crippen LogP contribution in [-0.2, 0) is 17.6 Å². The zero-order chi connectivity index (χ0) is 18.0. The first-order valence-electron chi connectivity index (χ1n) is 7.57. The van der Waals surface area contributed by atoms with Crippen molar-refractivity contribution in [3.63, 3.8) is 0 Å². The third-order valence-electron chi connectivity index (χ3n) is 3.80. The molecule has 0 bridgehead atoms. The summed E-state index contributed by atoms with van der Waals surface area (Å²) in [7, 11) is 1.76. The van der Waals surface area contributed by atoms with E-state index in [1.54, 1.807) is 29.9 Å². The molecule has 9 heteroatoms. The number of hydrogen-bond donors (Lipinski definition) is 0. The molecule has 0 saturated heterocycles. The van der Waals surface area contributed by atoms with Crippen LogP contribution in [0.1, 0.15) is 35.2 Å². The molecular weight excluding hydrogens is 383 g/mol. The minimum absolute atomic E-state index is 0.0714. The van der Waals surface area contributed by atoms with E-state index < -0.39 is 5.78 Å². The Morgan fingerprint density at radius 3 is 2.76 bits per heavy atom. The molecule has 1 aromatic carbocycles. The highest BCUT2D eigenvalue weighted by atomic mass is 35.5. The minimum atomic E-state index is -0.406. The van der Waals surface area contributed by atoms with Crippen LogP contribution in [0, 0.1) is 0 Å². The van der Waals surface area contributed by atoms with Gasteiger partial charge < -0.3 is 0 Å². The van der Waals surface area contributed by atoms with E-state index in [0.29, 0.717) is 45.8 Å². The van der Waals surface area contributed by atoms with Gasteiger partial charge >= 0.3 is 0 Å². The number of Topliss-reactive ketones (excluding diaryl/α,β-unsaturated/α-hetero) is 2. The summed E-state index contributed by atoms with van der Waals surface area (Å²) < 4.78 is 1.58. The monoisotopic (exact) mass is 396 g/mol. The van der Waals surface area contributed by atoms with Crippen molar-refractivity contribution in [1.29, 1.82) is 0 Å². The van der Waals surface area contributed by atoms with Crippen molar-refractivity contribution in [2.75, 3.05) is 0 Å². The fourth-order valence-electron chi connectivity index (χ4n) is 2.51. The predicted octanol–water partition coefficient (Wildman–Crippen LogP) is 3.58. The van der Waals surface area contributed by atoms with Crippen molar-refractivity contribution in [3.8, 4) is 0 Å². The van der Waals surface area contributed by atoms with Crippen LogP contribution in [0.15, 0.2) is 34.0 Å². The number of carbonyl (C=O) groups excluding carboxylic acids is 2. The lowest BCUT2D eigenvalue weighted by Gasteiger charge is -2.15. The summed E-state index contributed by atoms with van der Waals surface area (Å²) in [6.07, 6.45) is 1.57. The summed E-state index contributed by atoms with van der Waals surface area (Å²) in [5.74, 6) is -0.0201. The van der Waals surface area contributed by atoms with Crippen LogP contribution in [0.25, 0.3) is 0 Å². The van der Waals surface area contributed by atoms with Crippen molar-refractivity contribution in [3.05, 3.63) is 45.0 Å². The first kappa shape index (κ1) is 18.1. The van der Waals surface area contributed by atoms with Crippen LogP contribution < -0.4 is 0 Å². The quantitative estimate of drug-likeness (QED) is 0.436. The molecule has 1 aliphatic carbocycles. The topological polar surface area (TPSA) is 77.7 Å². The predicted molar refractivity (Wildman–Crippen MR) is 95.9 cm³/mol. The van der Waals surface area contributed by atoms with Crippen molar-refractivity contribution < 1.29 is 9.59 Å². The molecule has 6 nitrogen and oxygen atoms in total. The molecular formula is C16H14Cl2N4O2S. The summed E-state index contributed by atoms with van der Waals surface area (Å²) in [5.41, 5.74) is 1.28. The van der Waals surface area contributed by atoms with E-state index in [9.17, 15) is 9.59 Å². The van der Waals surface area contributed by atoms with Gasteiger partial charge in [-0.2, -0.15) is 0 Å². The molecule has 0 N–H and O–H groups in total. The SMILES string of the molecule is Cn1nnnc1SCc1ccc(C(=O)C2=C(Cl)CCCC2=O)c(Cl)c1. The van der Waals surface area contributed by atoms with E-state index in [1.807, 2.05) is 0 Å². The number of carbonyl (C=O) groups is 2. The van der Waals surface area contributed by atoms with Gasteiger partial charge in [0, 0.05) is 29.8 Å². The molecule has 1 heterocycles. The molecule has 0 atom stereocenters. The fourth-order valence-corrected chi connectivity index (χ4v) is 3.92. The van der Waals surface area contributed by atoms with Crippen LogP contribution in [0.5, 0.6) is 0 Å². The van der Waals surface area contributed by atoms with Gasteiger partial charge in [0.2, 0.25) is 5.16 Å². The Morgan fingerprint density at radius 2 is 2.12 bits per heavy atom. The second-order valence-corrected chi connectivity index (χ2v) is 7.38. The Morgan fingerprint density at radius 1 is 1.32 bits per heavy atom. The Hall–Kier alpha value is -1.70. The van der Waals surface area contributed by atoms with Gasteiger partial charge in [0.25, 0.3) is 0 Å². The second kappa shape index (κ2) is 7.68. The van der Waals surface area contributed by atoms with Crippen molar-refractivity contribution in [2.45, 2.75) is 30.2 Å². The van der Waals surface area contributed by atoms with E-state index in [1.165, 1.54) is 11.8 Å². The number of nitrogens with zero attached hydrogens (tertiary/aromatic N) is 4. The number of benzene rings is 1. The summed E-state index contributed by atoms with van der Waals surface area (Å²) in [4.78, 5) is 24.7. The maximum atomic E-state index is 12.7. The number of hydrogen-bond acceptors (Lipinski definition) is 6. The summed E-state index contributed by atoms with van der Waals surface area (Å²) in [6.45, 7) is 0. The van der Waals surface area contributed by atoms with E-state index >= 15 is 0 Å². The number of tetrazole rings is 1. The van der Waals surface area contributed by atoms with Gasteiger partial charge in [0.15, 0.2) is 11.6 Å². The number of allylic oxidation sites excluding steroid dienone is 2. The van der Waals surface area contributed by atoms with Gasteiger partial charge in [-0.05, 0) is 41.0 Å². The molecule has 0 amide bonds. The average molecular weight is 397 g/mol. The molecule has 0 saturated carbocycles. The molecule has 25 heavy (non-hydrogen) atoms. The molecule has 0 aliphatic heterocycles. The van der Waals surface area contributed by atoms with Crippen LogP contribution in [0.3, 0.4) is 0 Å². The first-order chi connectivity index (χ1) is 12.0. The van der Waals surface area contributed by atoms with E-state index in [0.717, 1.165) is 5.56 Å². The Bertz CT molecular complexity index is 879. The first-order valence-corrected chi connectivity index (χ1v) is 9.31. The summed E-state index contributed by atoms with van der Waals surface area (Å²) in [5, 5.41) is 12.5. The van der Waals surface area contributed by atoms with Crippen molar-refractivity contribution in [1.82, 2.24) is 20.2 Å². The number of ketones is 2. The number of halogens is 2. The van der Waals surface area contributed by atoms with Gasteiger partial charge in [-0.3, -0.25) is 9.59 Å². The number of aromatic nitrogens is 4. The summed E-state index contributed by atoms with van der Waals surface area (Å²) in [6, 6.07) is 5.15. The molecule has 1 aliphatic rings. The number of rotatable bonds is 5. The minimum Gasteiger partial charge on any atom is -0.294 e. The number of aryl methyl sites for hydroxylation is 1. The normalized spacial score (nSPS) is 14.9. The highest BCUT2D eigenvalue weighted by molar-refractivity contribution is 7.98. The number of thioether (sulfide) groups is 1. The molecule has 0 fully saturated rings. The molecule has 2 aromatic rings. The Kier molecular flexibility index (Phi) is 5.56. The maximum Gasteiger partial charge on any atom is 0.209 e. The zero-order valence-electron chi connectivity index (χ0n) is 13.3. The van der Waals surface area contributed by atoms with Crippen LogP contribution in [-0.4, -0.2) is 31.8 Å². The van der Waals surface area contributed by atoms with Crippen molar-refractivity contribution in [2.24, 2.45) is 7.05 Å². The smallest absolute Gasteiger partial charge is 0.209 e. The van der Waals surface area contributed by atoms with Crippen LogP contribution >= 0.6 is 35.0 Å². The molecule has 1 aromatic heterocycles. The van der Waals surface area contributed by atoms with E-state index in [4.69, 9.17) is 23.2 Å². The lowest BCUT2D eigenvalue weighted by Crippen LogP contribution is -2.18. The zero-order valence-corrected chi connectivity index (χ0v) is 15.7. The molecule has 130 valence electrons. The van der Waals surface area contributed by atoms with Gasteiger partial charge in [-0.15, -0.1) is 5.10 Å². The average Bonchev–Trinajstić information content (AvgIpc) is 2.98. The van der Waals surface area contributed by atoms with Crippen LogP contribution in [0.2, 0.25) is 5.02 Å². The van der Waals surface area contributed by atoms with Crippen LogP contribution in [0.4, 0.5) is 0 Å². The fraction of sp³-hybridized carbons (Fsp3) is 0.312. The van der Waals surface area contributed by atoms with Gasteiger partial charge in [0.05, 0.1) is 10.6 Å². The summed E-state index contributed by atoms with van der Waals surface area (Å²) >= 11 is 13.8. The third-order valence-corrected chi connectivity index (χ3v) is 5.58. The largest absolute Gasteiger partial charge is 0.294 e. The van der Waals surface area contributed by atoms with E-state index in [2.05, 4.69) is 15.5 Å². The highest BCUT2D eigenvalue weighted by Crippen LogP contribution is 2.30. The van der Waals surface area contributed by atoms with Gasteiger partial charge in [0.1, 0.15) is 0 Å².